The Morgan fingerprint density at radius 1 is 1.00 bits per heavy atom. The minimum atomic E-state index is -5.60. The average molecular weight is 378 g/mol. The van der Waals surface area contributed by atoms with Gasteiger partial charge in [-0.05, 0) is 19.2 Å². The molecular formula is C16H22F7P. The van der Waals surface area contributed by atoms with Crippen LogP contribution in [0.4, 0.5) is 30.7 Å². The van der Waals surface area contributed by atoms with Crippen LogP contribution >= 0.6 is 7.92 Å². The van der Waals surface area contributed by atoms with Gasteiger partial charge in [0.25, 0.3) is 0 Å². The van der Waals surface area contributed by atoms with Crippen molar-refractivity contribution in [2.75, 3.05) is 6.66 Å². The minimum absolute atomic E-state index is 0.259. The summed E-state index contributed by atoms with van der Waals surface area (Å²) in [7, 11) is -3.37. The molecule has 0 aliphatic heterocycles. The summed E-state index contributed by atoms with van der Waals surface area (Å²) < 4.78 is 98.5. The fourth-order valence-electron chi connectivity index (χ4n) is 2.43. The lowest BCUT2D eigenvalue weighted by atomic mass is 10.0. The molecule has 0 fully saturated rings. The van der Waals surface area contributed by atoms with Gasteiger partial charge in [-0.25, -0.2) is 4.39 Å². The Bertz CT molecular complexity index is 473. The summed E-state index contributed by atoms with van der Waals surface area (Å²) in [4.78, 5) is 0. The van der Waals surface area contributed by atoms with Crippen LogP contribution in [0.2, 0.25) is 0 Å². The number of halogens is 7. The largest absolute Gasteiger partial charge is 0.375 e. The topological polar surface area (TPSA) is 0 Å². The molecule has 0 aromatic carbocycles. The van der Waals surface area contributed by atoms with Gasteiger partial charge in [-0.1, -0.05) is 44.4 Å². The van der Waals surface area contributed by atoms with Crippen molar-refractivity contribution in [1.82, 2.24) is 0 Å². The maximum absolute atomic E-state index is 14.6. The van der Waals surface area contributed by atoms with Crippen molar-refractivity contribution in [1.29, 1.82) is 0 Å². The first kappa shape index (κ1) is 21.5. The molecule has 1 aliphatic carbocycles. The molecule has 2 atom stereocenters. The van der Waals surface area contributed by atoms with Gasteiger partial charge in [-0.2, -0.15) is 26.3 Å². The second-order valence-electron chi connectivity index (χ2n) is 6.00. The molecular weight excluding hydrogens is 356 g/mol. The number of hydrogen-bond donors (Lipinski definition) is 0. The van der Waals surface area contributed by atoms with E-state index in [1.54, 1.807) is 6.92 Å². The number of hydrogen-bond acceptors (Lipinski definition) is 0. The first-order valence-electron chi connectivity index (χ1n) is 7.83. The van der Waals surface area contributed by atoms with Gasteiger partial charge in [0.1, 0.15) is 0 Å². The monoisotopic (exact) mass is 378 g/mol. The summed E-state index contributed by atoms with van der Waals surface area (Å²) in [5.74, 6) is -10.5. The van der Waals surface area contributed by atoms with E-state index in [9.17, 15) is 30.7 Å². The number of allylic oxidation sites excluding steroid dienone is 4. The molecule has 0 amide bonds. The van der Waals surface area contributed by atoms with Crippen molar-refractivity contribution in [2.24, 2.45) is 0 Å². The van der Waals surface area contributed by atoms with Crippen molar-refractivity contribution < 1.29 is 30.7 Å². The highest BCUT2D eigenvalue weighted by atomic mass is 31.1. The predicted octanol–water partition coefficient (Wildman–Crippen LogP) is 7.11. The summed E-state index contributed by atoms with van der Waals surface area (Å²) >= 11 is 0. The van der Waals surface area contributed by atoms with Crippen molar-refractivity contribution in [3.63, 3.8) is 0 Å². The predicted molar refractivity (Wildman–Crippen MR) is 83.2 cm³/mol. The summed E-state index contributed by atoms with van der Waals surface area (Å²) in [5.41, 5.74) is -5.12. The van der Waals surface area contributed by atoms with Crippen molar-refractivity contribution in [3.8, 4) is 0 Å². The average Bonchev–Trinajstić information content (AvgIpc) is 2.51. The zero-order chi connectivity index (χ0) is 18.6. The number of alkyl halides is 7. The van der Waals surface area contributed by atoms with E-state index in [4.69, 9.17) is 0 Å². The lowest BCUT2D eigenvalue weighted by Crippen LogP contribution is -2.54. The number of unbranched alkanes of at least 4 members (excludes halogenated alkanes) is 3. The SMILES string of the molecule is CCCCCCC(F)(F)C(F)(F)C(F)(F)P(C)C1(F)C=CC=CC1. The molecule has 0 aromatic heterocycles. The smallest absolute Gasteiger partial charge is 0.234 e. The molecule has 0 heterocycles. The van der Waals surface area contributed by atoms with Crippen LogP contribution in [0.25, 0.3) is 0 Å². The zero-order valence-electron chi connectivity index (χ0n) is 13.6. The van der Waals surface area contributed by atoms with Crippen molar-refractivity contribution in [3.05, 3.63) is 24.3 Å². The van der Waals surface area contributed by atoms with Gasteiger partial charge in [0.2, 0.25) is 0 Å². The van der Waals surface area contributed by atoms with Crippen LogP contribution < -0.4 is 0 Å². The maximum Gasteiger partial charge on any atom is 0.375 e. The van der Waals surface area contributed by atoms with E-state index in [1.165, 1.54) is 12.2 Å². The Labute approximate surface area is 138 Å². The van der Waals surface area contributed by atoms with E-state index in [2.05, 4.69) is 0 Å². The Morgan fingerprint density at radius 3 is 2.12 bits per heavy atom. The second-order valence-corrected chi connectivity index (χ2v) is 8.42. The van der Waals surface area contributed by atoms with E-state index in [-0.39, 0.29) is 12.8 Å². The third kappa shape index (κ3) is 4.14. The van der Waals surface area contributed by atoms with E-state index >= 15 is 0 Å². The molecule has 0 bridgehead atoms. The Morgan fingerprint density at radius 2 is 1.62 bits per heavy atom. The molecule has 0 radical (unpaired) electrons. The van der Waals surface area contributed by atoms with Gasteiger partial charge in [-0.3, -0.25) is 0 Å². The zero-order valence-corrected chi connectivity index (χ0v) is 14.5. The molecule has 2 unspecified atom stereocenters. The molecule has 1 aliphatic rings. The molecule has 0 nitrogen and oxygen atoms in total. The molecule has 8 heteroatoms. The van der Waals surface area contributed by atoms with Crippen LogP contribution in [0.3, 0.4) is 0 Å². The standard InChI is InChI=1S/C16H22F7P/c1-3-4-5-9-12-14(18,19)15(20,21)16(22,23)24(2)13(17)10-7-6-8-11-13/h6-8,10H,3-5,9,11-12H2,1-2H3. The van der Waals surface area contributed by atoms with Gasteiger partial charge in [0, 0.05) is 20.8 Å². The molecule has 0 spiro atoms. The molecule has 0 saturated heterocycles. The first-order valence-corrected chi connectivity index (χ1v) is 9.62. The van der Waals surface area contributed by atoms with Crippen LogP contribution in [0.15, 0.2) is 24.3 Å². The third-order valence-corrected chi connectivity index (χ3v) is 6.73. The molecule has 140 valence electrons. The van der Waals surface area contributed by atoms with Gasteiger partial charge < -0.3 is 0 Å². The van der Waals surface area contributed by atoms with Gasteiger partial charge in [0.05, 0.1) is 0 Å². The summed E-state index contributed by atoms with van der Waals surface area (Å²) in [6.45, 7) is 2.41. The molecule has 1 rings (SSSR count). The minimum Gasteiger partial charge on any atom is -0.234 e. The van der Waals surface area contributed by atoms with Crippen LogP contribution in [0.1, 0.15) is 45.4 Å². The molecule has 0 saturated carbocycles. The van der Waals surface area contributed by atoms with Gasteiger partial charge >= 0.3 is 17.5 Å². The van der Waals surface area contributed by atoms with Crippen molar-refractivity contribution in [2.45, 2.75) is 68.4 Å². The lowest BCUT2D eigenvalue weighted by molar-refractivity contribution is -0.281. The first-order chi connectivity index (χ1) is 10.9. The fraction of sp³-hybridized carbons (Fsp3) is 0.750. The van der Waals surface area contributed by atoms with Gasteiger partial charge in [-0.15, -0.1) is 0 Å². The maximum atomic E-state index is 14.6. The highest BCUT2D eigenvalue weighted by molar-refractivity contribution is 7.59. The Hall–Kier alpha value is -0.580. The van der Waals surface area contributed by atoms with E-state index in [1.807, 2.05) is 0 Å². The second kappa shape index (κ2) is 7.76. The highest BCUT2D eigenvalue weighted by Gasteiger charge is 2.74. The quantitative estimate of drug-likeness (QED) is 0.228. The molecule has 0 N–H and O–H groups in total. The Kier molecular flexibility index (Phi) is 6.94. The van der Waals surface area contributed by atoms with Crippen LogP contribution in [0, 0.1) is 0 Å². The molecule has 24 heavy (non-hydrogen) atoms. The lowest BCUT2D eigenvalue weighted by Gasteiger charge is -2.41. The van der Waals surface area contributed by atoms with E-state index < -0.39 is 43.7 Å². The van der Waals surface area contributed by atoms with Crippen LogP contribution in [-0.4, -0.2) is 29.6 Å². The summed E-state index contributed by atoms with van der Waals surface area (Å²) in [6.07, 6.45) is 3.85. The highest BCUT2D eigenvalue weighted by Crippen LogP contribution is 2.69. The molecule has 0 aromatic rings. The van der Waals surface area contributed by atoms with Crippen LogP contribution in [0.5, 0.6) is 0 Å². The van der Waals surface area contributed by atoms with E-state index in [0.29, 0.717) is 19.5 Å². The fourth-order valence-corrected chi connectivity index (χ4v) is 4.17. The van der Waals surface area contributed by atoms with Crippen molar-refractivity contribution >= 4 is 7.92 Å². The van der Waals surface area contributed by atoms with E-state index in [0.717, 1.165) is 12.2 Å². The van der Waals surface area contributed by atoms with Gasteiger partial charge in [0.15, 0.2) is 5.41 Å². The van der Waals surface area contributed by atoms with Crippen LogP contribution in [-0.2, 0) is 0 Å². The Balaban J connectivity index is 2.96. The summed E-state index contributed by atoms with van der Waals surface area (Å²) in [5, 5.41) is -2.73. The normalized spacial score (nSPS) is 23.5. The third-order valence-electron chi connectivity index (χ3n) is 4.16. The summed E-state index contributed by atoms with van der Waals surface area (Å²) in [6, 6.07) is 0. The number of rotatable bonds is 9.